The van der Waals surface area contributed by atoms with Crippen molar-refractivity contribution in [3.63, 3.8) is 0 Å². The van der Waals surface area contributed by atoms with Gasteiger partial charge >= 0.3 is 0 Å². The van der Waals surface area contributed by atoms with Crippen molar-refractivity contribution in [3.8, 4) is 17.2 Å². The van der Waals surface area contributed by atoms with E-state index < -0.39 is 0 Å². The van der Waals surface area contributed by atoms with Gasteiger partial charge in [-0.1, -0.05) is 0 Å². The zero-order chi connectivity index (χ0) is 15.1. The first-order valence-electron chi connectivity index (χ1n) is 6.61. The van der Waals surface area contributed by atoms with Crippen molar-refractivity contribution >= 4 is 0 Å². The predicted molar refractivity (Wildman–Crippen MR) is 78.3 cm³/mol. The van der Waals surface area contributed by atoms with Gasteiger partial charge in [0.05, 0.1) is 7.11 Å². The first-order chi connectivity index (χ1) is 10.2. The van der Waals surface area contributed by atoms with Gasteiger partial charge in [0.2, 0.25) is 0 Å². The van der Waals surface area contributed by atoms with Crippen LogP contribution in [0.4, 0.5) is 4.39 Å². The SMILES string of the molecule is COc1ccc(OCCOc2ccc(F)cc2CN)cc1. The molecule has 0 heterocycles. The van der Waals surface area contributed by atoms with Crippen molar-refractivity contribution in [1.82, 2.24) is 0 Å². The summed E-state index contributed by atoms with van der Waals surface area (Å²) in [5.74, 6) is 1.77. The van der Waals surface area contributed by atoms with Gasteiger partial charge < -0.3 is 19.9 Å². The zero-order valence-corrected chi connectivity index (χ0v) is 11.8. The standard InChI is InChI=1S/C16H18FNO3/c1-19-14-3-5-15(6-4-14)20-8-9-21-16-7-2-13(17)10-12(16)11-18/h2-7,10H,8-9,11,18H2,1H3. The Morgan fingerprint density at radius 1 is 0.952 bits per heavy atom. The Bertz CT molecular complexity index is 572. The summed E-state index contributed by atoms with van der Waals surface area (Å²) in [6.07, 6.45) is 0. The number of hydrogen-bond acceptors (Lipinski definition) is 4. The van der Waals surface area contributed by atoms with E-state index in [0.29, 0.717) is 24.5 Å². The Hall–Kier alpha value is -2.27. The van der Waals surface area contributed by atoms with E-state index in [4.69, 9.17) is 19.9 Å². The van der Waals surface area contributed by atoms with Crippen molar-refractivity contribution in [3.05, 3.63) is 53.8 Å². The molecule has 2 N–H and O–H groups in total. The quantitative estimate of drug-likeness (QED) is 0.797. The molecule has 0 unspecified atom stereocenters. The molecule has 21 heavy (non-hydrogen) atoms. The molecule has 2 rings (SSSR count). The summed E-state index contributed by atoms with van der Waals surface area (Å²) in [6.45, 7) is 0.963. The summed E-state index contributed by atoms with van der Waals surface area (Å²) in [4.78, 5) is 0. The van der Waals surface area contributed by atoms with E-state index in [0.717, 1.165) is 11.5 Å². The van der Waals surface area contributed by atoms with Crippen LogP contribution < -0.4 is 19.9 Å². The van der Waals surface area contributed by atoms with Crippen LogP contribution in [0.1, 0.15) is 5.56 Å². The highest BCUT2D eigenvalue weighted by Gasteiger charge is 2.04. The molecule has 0 aliphatic rings. The van der Waals surface area contributed by atoms with Crippen LogP contribution in [-0.2, 0) is 6.54 Å². The molecule has 2 aromatic carbocycles. The van der Waals surface area contributed by atoms with Crippen LogP contribution in [0.15, 0.2) is 42.5 Å². The van der Waals surface area contributed by atoms with Crippen LogP contribution in [0.25, 0.3) is 0 Å². The normalized spacial score (nSPS) is 10.2. The molecule has 4 nitrogen and oxygen atoms in total. The molecule has 0 saturated carbocycles. The smallest absolute Gasteiger partial charge is 0.124 e. The van der Waals surface area contributed by atoms with Crippen LogP contribution in [-0.4, -0.2) is 20.3 Å². The van der Waals surface area contributed by atoms with Crippen LogP contribution in [0, 0.1) is 5.82 Å². The molecular formula is C16H18FNO3. The van der Waals surface area contributed by atoms with Gasteiger partial charge in [-0.3, -0.25) is 0 Å². The summed E-state index contributed by atoms with van der Waals surface area (Å²) < 4.78 is 29.2. The van der Waals surface area contributed by atoms with Gasteiger partial charge in [-0.2, -0.15) is 0 Å². The van der Waals surface area contributed by atoms with E-state index in [9.17, 15) is 4.39 Å². The fraction of sp³-hybridized carbons (Fsp3) is 0.250. The minimum Gasteiger partial charge on any atom is -0.497 e. The number of nitrogens with two attached hydrogens (primary N) is 1. The maximum absolute atomic E-state index is 13.1. The summed E-state index contributed by atoms with van der Waals surface area (Å²) in [6, 6.07) is 11.6. The highest BCUT2D eigenvalue weighted by atomic mass is 19.1. The van der Waals surface area contributed by atoms with Crippen LogP contribution in [0.3, 0.4) is 0 Å². The minimum absolute atomic E-state index is 0.229. The van der Waals surface area contributed by atoms with Crippen LogP contribution >= 0.6 is 0 Å². The van der Waals surface area contributed by atoms with Crippen molar-refractivity contribution in [2.24, 2.45) is 5.73 Å². The largest absolute Gasteiger partial charge is 0.497 e. The van der Waals surface area contributed by atoms with E-state index in [2.05, 4.69) is 0 Å². The Morgan fingerprint density at radius 2 is 1.62 bits per heavy atom. The molecule has 0 aliphatic carbocycles. The maximum atomic E-state index is 13.1. The third-order valence-electron chi connectivity index (χ3n) is 2.91. The van der Waals surface area contributed by atoms with E-state index in [1.54, 1.807) is 13.2 Å². The number of benzene rings is 2. The maximum Gasteiger partial charge on any atom is 0.124 e. The molecule has 0 aromatic heterocycles. The van der Waals surface area contributed by atoms with Gasteiger partial charge in [0.25, 0.3) is 0 Å². The van der Waals surface area contributed by atoms with Gasteiger partial charge in [-0.05, 0) is 42.5 Å². The fourth-order valence-corrected chi connectivity index (χ4v) is 1.83. The molecular weight excluding hydrogens is 273 g/mol. The molecule has 112 valence electrons. The fourth-order valence-electron chi connectivity index (χ4n) is 1.83. The van der Waals surface area contributed by atoms with Gasteiger partial charge in [0, 0.05) is 12.1 Å². The predicted octanol–water partition coefficient (Wildman–Crippen LogP) is 2.75. The third kappa shape index (κ3) is 4.36. The summed E-state index contributed by atoms with van der Waals surface area (Å²) in [5, 5.41) is 0. The number of hydrogen-bond donors (Lipinski definition) is 1. The average Bonchev–Trinajstić information content (AvgIpc) is 2.53. The van der Waals surface area contributed by atoms with Crippen molar-refractivity contribution in [1.29, 1.82) is 0 Å². The Kier molecular flexibility index (Phi) is 5.40. The highest BCUT2D eigenvalue weighted by Crippen LogP contribution is 2.20. The van der Waals surface area contributed by atoms with Gasteiger partial charge in [-0.15, -0.1) is 0 Å². The summed E-state index contributed by atoms with van der Waals surface area (Å²) >= 11 is 0. The van der Waals surface area contributed by atoms with Crippen molar-refractivity contribution in [2.75, 3.05) is 20.3 Å². The number of methoxy groups -OCH3 is 1. The Balaban J connectivity index is 1.81. The molecule has 0 radical (unpaired) electrons. The lowest BCUT2D eigenvalue weighted by Gasteiger charge is -2.11. The molecule has 0 bridgehead atoms. The van der Waals surface area contributed by atoms with Crippen LogP contribution in [0.5, 0.6) is 17.2 Å². The van der Waals surface area contributed by atoms with E-state index in [-0.39, 0.29) is 12.4 Å². The first kappa shape index (κ1) is 15.1. The molecule has 0 atom stereocenters. The topological polar surface area (TPSA) is 53.7 Å². The van der Waals surface area contributed by atoms with Crippen LogP contribution in [0.2, 0.25) is 0 Å². The van der Waals surface area contributed by atoms with E-state index >= 15 is 0 Å². The lowest BCUT2D eigenvalue weighted by Crippen LogP contribution is -2.11. The van der Waals surface area contributed by atoms with Crippen molar-refractivity contribution < 1.29 is 18.6 Å². The van der Waals surface area contributed by atoms with Gasteiger partial charge in [0.1, 0.15) is 36.3 Å². The number of rotatable bonds is 7. The van der Waals surface area contributed by atoms with Gasteiger partial charge in [0.15, 0.2) is 0 Å². The monoisotopic (exact) mass is 291 g/mol. The molecule has 0 spiro atoms. The molecule has 0 fully saturated rings. The second-order valence-corrected chi connectivity index (χ2v) is 4.33. The number of halogens is 1. The highest BCUT2D eigenvalue weighted by molar-refractivity contribution is 5.34. The van der Waals surface area contributed by atoms with E-state index in [1.165, 1.54) is 12.1 Å². The zero-order valence-electron chi connectivity index (χ0n) is 11.8. The second kappa shape index (κ2) is 7.50. The number of ether oxygens (including phenoxy) is 3. The lowest BCUT2D eigenvalue weighted by molar-refractivity contribution is 0.215. The Morgan fingerprint density at radius 3 is 2.29 bits per heavy atom. The van der Waals surface area contributed by atoms with Crippen molar-refractivity contribution in [2.45, 2.75) is 6.54 Å². The summed E-state index contributed by atoms with van der Waals surface area (Å²) in [7, 11) is 1.61. The average molecular weight is 291 g/mol. The Labute approximate surface area is 123 Å². The second-order valence-electron chi connectivity index (χ2n) is 4.33. The summed E-state index contributed by atoms with van der Waals surface area (Å²) in [5.41, 5.74) is 6.19. The molecule has 5 heteroatoms. The molecule has 0 aliphatic heterocycles. The molecule has 2 aromatic rings. The third-order valence-corrected chi connectivity index (χ3v) is 2.91. The lowest BCUT2D eigenvalue weighted by atomic mass is 10.2. The minimum atomic E-state index is -0.322. The molecule has 0 saturated heterocycles. The first-order valence-corrected chi connectivity index (χ1v) is 6.61. The van der Waals surface area contributed by atoms with Gasteiger partial charge in [-0.25, -0.2) is 4.39 Å². The molecule has 0 amide bonds. The van der Waals surface area contributed by atoms with E-state index in [1.807, 2.05) is 24.3 Å².